The van der Waals surface area contributed by atoms with Gasteiger partial charge >= 0.3 is 0 Å². The van der Waals surface area contributed by atoms with E-state index in [2.05, 4.69) is 24.0 Å². The second-order valence-electron chi connectivity index (χ2n) is 2.66. The van der Waals surface area contributed by atoms with Crippen molar-refractivity contribution in [2.75, 3.05) is 13.1 Å². The van der Waals surface area contributed by atoms with Crippen LogP contribution in [0, 0.1) is 5.92 Å². The fourth-order valence-electron chi connectivity index (χ4n) is 1.16. The van der Waals surface area contributed by atoms with Crippen molar-refractivity contribution in [3.8, 4) is 0 Å². The van der Waals surface area contributed by atoms with E-state index >= 15 is 0 Å². The third kappa shape index (κ3) is 1.67. The molecule has 1 atom stereocenters. The smallest absolute Gasteiger partial charge is 0.0113 e. The number of nitrogens with zero attached hydrogens (tertiary/aromatic N) is 1. The SMILES string of the molecule is C[C@@H]1CCCN(S)C1. The summed E-state index contributed by atoms with van der Waals surface area (Å²) in [5.41, 5.74) is 0. The predicted molar refractivity (Wildman–Crippen MR) is 39.0 cm³/mol. The highest BCUT2D eigenvalue weighted by atomic mass is 32.1. The molecule has 1 heterocycles. The Morgan fingerprint density at radius 3 is 2.75 bits per heavy atom. The second kappa shape index (κ2) is 2.74. The van der Waals surface area contributed by atoms with Crippen LogP contribution in [-0.2, 0) is 0 Å². The average molecular weight is 131 g/mol. The normalized spacial score (nSPS) is 33.0. The number of thiol groups is 1. The molecule has 0 amide bonds. The van der Waals surface area contributed by atoms with Crippen LogP contribution < -0.4 is 0 Å². The molecule has 0 spiro atoms. The van der Waals surface area contributed by atoms with E-state index in [1.807, 2.05) is 0 Å². The fourth-order valence-corrected chi connectivity index (χ4v) is 1.58. The summed E-state index contributed by atoms with van der Waals surface area (Å²) in [5.74, 6) is 0.862. The minimum Gasteiger partial charge on any atom is -0.253 e. The van der Waals surface area contributed by atoms with E-state index in [0.29, 0.717) is 0 Å². The predicted octanol–water partition coefficient (Wildman–Crippen LogP) is 1.56. The molecule has 0 bridgehead atoms. The van der Waals surface area contributed by atoms with Gasteiger partial charge in [0.25, 0.3) is 0 Å². The van der Waals surface area contributed by atoms with E-state index in [0.717, 1.165) is 5.92 Å². The Morgan fingerprint density at radius 2 is 2.38 bits per heavy atom. The van der Waals surface area contributed by atoms with Gasteiger partial charge in [-0.15, -0.1) is 0 Å². The van der Waals surface area contributed by atoms with Gasteiger partial charge in [-0.05, 0) is 18.8 Å². The van der Waals surface area contributed by atoms with Gasteiger partial charge < -0.3 is 0 Å². The zero-order chi connectivity index (χ0) is 5.98. The van der Waals surface area contributed by atoms with Crippen molar-refractivity contribution in [3.63, 3.8) is 0 Å². The lowest BCUT2D eigenvalue weighted by molar-refractivity contribution is 0.305. The first-order valence-electron chi connectivity index (χ1n) is 3.23. The zero-order valence-corrected chi connectivity index (χ0v) is 6.19. The highest BCUT2D eigenvalue weighted by Crippen LogP contribution is 2.15. The van der Waals surface area contributed by atoms with Crippen molar-refractivity contribution in [1.82, 2.24) is 4.31 Å². The third-order valence-electron chi connectivity index (χ3n) is 1.64. The van der Waals surface area contributed by atoms with Gasteiger partial charge in [0.2, 0.25) is 0 Å². The largest absolute Gasteiger partial charge is 0.253 e. The number of hydrogen-bond donors (Lipinski definition) is 1. The summed E-state index contributed by atoms with van der Waals surface area (Å²) in [6.07, 6.45) is 2.71. The molecule has 0 N–H and O–H groups in total. The number of piperidine rings is 1. The van der Waals surface area contributed by atoms with Gasteiger partial charge in [0.05, 0.1) is 0 Å². The van der Waals surface area contributed by atoms with Gasteiger partial charge in [0.1, 0.15) is 0 Å². The van der Waals surface area contributed by atoms with Crippen LogP contribution in [0.1, 0.15) is 19.8 Å². The van der Waals surface area contributed by atoms with E-state index in [1.54, 1.807) is 0 Å². The van der Waals surface area contributed by atoms with Gasteiger partial charge in [0.15, 0.2) is 0 Å². The number of rotatable bonds is 0. The Balaban J connectivity index is 2.23. The van der Waals surface area contributed by atoms with Gasteiger partial charge in [-0.3, -0.25) is 4.31 Å². The van der Waals surface area contributed by atoms with Crippen molar-refractivity contribution in [1.29, 1.82) is 0 Å². The van der Waals surface area contributed by atoms with Crippen LogP contribution in [0.25, 0.3) is 0 Å². The molecule has 0 radical (unpaired) electrons. The fraction of sp³-hybridized carbons (Fsp3) is 1.00. The minimum atomic E-state index is 0.862. The molecule has 1 nitrogen and oxygen atoms in total. The van der Waals surface area contributed by atoms with Crippen molar-refractivity contribution in [3.05, 3.63) is 0 Å². The van der Waals surface area contributed by atoms with Crippen LogP contribution in [0.5, 0.6) is 0 Å². The molecule has 1 rings (SSSR count). The summed E-state index contributed by atoms with van der Waals surface area (Å²) in [7, 11) is 0. The Labute approximate surface area is 56.6 Å². The third-order valence-corrected chi connectivity index (χ3v) is 2.00. The van der Waals surface area contributed by atoms with Crippen LogP contribution in [0.15, 0.2) is 0 Å². The van der Waals surface area contributed by atoms with Gasteiger partial charge in [-0.1, -0.05) is 19.7 Å². The van der Waals surface area contributed by atoms with Gasteiger partial charge in [-0.2, -0.15) is 0 Å². The average Bonchev–Trinajstić information content (AvgIpc) is 1.64. The Bertz CT molecular complexity index is 66.9. The first kappa shape index (κ1) is 6.43. The molecule has 0 unspecified atom stereocenters. The van der Waals surface area contributed by atoms with E-state index in [-0.39, 0.29) is 0 Å². The standard InChI is InChI=1S/C6H13NS/c1-6-3-2-4-7(8)5-6/h6,8H,2-5H2,1H3/t6-/m1/s1. The first-order chi connectivity index (χ1) is 3.79. The highest BCUT2D eigenvalue weighted by molar-refractivity contribution is 7.77. The van der Waals surface area contributed by atoms with E-state index < -0.39 is 0 Å². The Morgan fingerprint density at radius 1 is 1.62 bits per heavy atom. The molecular formula is C6H13NS. The lowest BCUT2D eigenvalue weighted by atomic mass is 10.0. The molecule has 0 aromatic rings. The summed E-state index contributed by atoms with van der Waals surface area (Å²) in [6, 6.07) is 0. The molecule has 0 saturated carbocycles. The molecule has 1 fully saturated rings. The molecule has 0 aromatic carbocycles. The summed E-state index contributed by atoms with van der Waals surface area (Å²) >= 11 is 4.25. The first-order valence-corrected chi connectivity index (χ1v) is 3.63. The summed E-state index contributed by atoms with van der Waals surface area (Å²) < 4.78 is 2.11. The molecule has 2 heteroatoms. The molecule has 1 saturated heterocycles. The molecule has 48 valence electrons. The maximum absolute atomic E-state index is 4.25. The van der Waals surface area contributed by atoms with E-state index in [4.69, 9.17) is 0 Å². The van der Waals surface area contributed by atoms with Crippen molar-refractivity contribution in [2.24, 2.45) is 5.92 Å². The Hall–Kier alpha value is 0.310. The van der Waals surface area contributed by atoms with Crippen LogP contribution in [0.4, 0.5) is 0 Å². The maximum Gasteiger partial charge on any atom is 0.0113 e. The monoisotopic (exact) mass is 131 g/mol. The lowest BCUT2D eigenvalue weighted by Crippen LogP contribution is -2.26. The van der Waals surface area contributed by atoms with Crippen molar-refractivity contribution in [2.45, 2.75) is 19.8 Å². The second-order valence-corrected chi connectivity index (χ2v) is 3.23. The summed E-state index contributed by atoms with van der Waals surface area (Å²) in [6.45, 7) is 4.62. The van der Waals surface area contributed by atoms with Crippen LogP contribution in [0.3, 0.4) is 0 Å². The van der Waals surface area contributed by atoms with Crippen LogP contribution >= 0.6 is 12.8 Å². The van der Waals surface area contributed by atoms with E-state index in [1.165, 1.54) is 25.9 Å². The molecule has 0 aliphatic carbocycles. The van der Waals surface area contributed by atoms with Crippen molar-refractivity contribution >= 4 is 12.8 Å². The maximum atomic E-state index is 4.25. The van der Waals surface area contributed by atoms with Crippen LogP contribution in [-0.4, -0.2) is 17.4 Å². The molecular weight excluding hydrogens is 118 g/mol. The summed E-state index contributed by atoms with van der Waals surface area (Å²) in [5, 5.41) is 0. The van der Waals surface area contributed by atoms with Crippen molar-refractivity contribution < 1.29 is 0 Å². The highest BCUT2D eigenvalue weighted by Gasteiger charge is 2.11. The summed E-state index contributed by atoms with van der Waals surface area (Å²) in [4.78, 5) is 0. The van der Waals surface area contributed by atoms with Gasteiger partial charge in [-0.25, -0.2) is 0 Å². The zero-order valence-electron chi connectivity index (χ0n) is 5.30. The molecule has 1 aliphatic rings. The lowest BCUT2D eigenvalue weighted by Gasteiger charge is -2.25. The minimum absolute atomic E-state index is 0.862. The van der Waals surface area contributed by atoms with E-state index in [9.17, 15) is 0 Å². The number of hydrogen-bond acceptors (Lipinski definition) is 2. The van der Waals surface area contributed by atoms with Crippen LogP contribution in [0.2, 0.25) is 0 Å². The Kier molecular flexibility index (Phi) is 2.20. The van der Waals surface area contributed by atoms with Gasteiger partial charge in [0, 0.05) is 13.1 Å². The molecule has 8 heavy (non-hydrogen) atoms. The topological polar surface area (TPSA) is 3.24 Å². The molecule has 0 aromatic heterocycles. The molecule has 1 aliphatic heterocycles. The quantitative estimate of drug-likeness (QED) is 0.488.